The highest BCUT2D eigenvalue weighted by Crippen LogP contribution is 2.25. The number of aromatic nitrogens is 6. The molecule has 0 saturated heterocycles. The quantitative estimate of drug-likeness (QED) is 0.447. The van der Waals surface area contributed by atoms with Gasteiger partial charge in [-0.1, -0.05) is 48.0 Å². The van der Waals surface area contributed by atoms with Gasteiger partial charge in [0.05, 0.1) is 29.4 Å². The third kappa shape index (κ3) is 3.98. The zero-order chi connectivity index (χ0) is 22.9. The van der Waals surface area contributed by atoms with Crippen molar-refractivity contribution in [1.82, 2.24) is 29.5 Å². The van der Waals surface area contributed by atoms with Crippen LogP contribution < -0.4 is 5.32 Å². The monoisotopic (exact) mass is 437 g/mol. The highest BCUT2D eigenvalue weighted by atomic mass is 16.1. The summed E-state index contributed by atoms with van der Waals surface area (Å²) in [5.74, 6) is 0.977. The molecule has 0 aliphatic heterocycles. The number of amides is 1. The third-order valence-electron chi connectivity index (χ3n) is 5.43. The molecule has 8 heteroatoms. The summed E-state index contributed by atoms with van der Waals surface area (Å²) in [5, 5.41) is 12.9. The Kier molecular flexibility index (Phi) is 5.18. The van der Waals surface area contributed by atoms with E-state index >= 15 is 0 Å². The number of carbonyl (C=O) groups is 1. The van der Waals surface area contributed by atoms with Crippen LogP contribution in [0.2, 0.25) is 0 Å². The molecule has 3 heterocycles. The molecule has 0 saturated carbocycles. The topological polar surface area (TPSA) is 90.5 Å². The van der Waals surface area contributed by atoms with E-state index in [4.69, 9.17) is 0 Å². The first-order chi connectivity index (χ1) is 16.0. The molecule has 0 fully saturated rings. The van der Waals surface area contributed by atoms with E-state index in [2.05, 4.69) is 51.5 Å². The van der Waals surface area contributed by atoms with Crippen LogP contribution in [0.1, 0.15) is 22.4 Å². The van der Waals surface area contributed by atoms with E-state index in [9.17, 15) is 4.79 Å². The average molecular weight is 438 g/mol. The Morgan fingerprint density at radius 1 is 0.970 bits per heavy atom. The van der Waals surface area contributed by atoms with Crippen molar-refractivity contribution in [1.29, 1.82) is 0 Å². The fourth-order valence-electron chi connectivity index (χ4n) is 3.94. The molecule has 0 spiro atoms. The van der Waals surface area contributed by atoms with Gasteiger partial charge < -0.3 is 5.32 Å². The van der Waals surface area contributed by atoms with Crippen molar-refractivity contribution >= 4 is 22.8 Å². The number of anilines is 1. The van der Waals surface area contributed by atoms with Crippen molar-refractivity contribution in [2.24, 2.45) is 0 Å². The van der Waals surface area contributed by atoms with E-state index in [1.54, 1.807) is 15.6 Å². The summed E-state index contributed by atoms with van der Waals surface area (Å²) in [4.78, 5) is 21.6. The maximum absolute atomic E-state index is 12.7. The van der Waals surface area contributed by atoms with Gasteiger partial charge in [0, 0.05) is 6.07 Å². The van der Waals surface area contributed by atoms with Gasteiger partial charge in [-0.05, 0) is 38.0 Å². The number of rotatable bonds is 5. The van der Waals surface area contributed by atoms with Gasteiger partial charge in [0.15, 0.2) is 11.5 Å². The lowest BCUT2D eigenvalue weighted by molar-refractivity contribution is -0.115. The van der Waals surface area contributed by atoms with E-state index in [1.807, 2.05) is 49.4 Å². The predicted molar refractivity (Wildman–Crippen MR) is 127 cm³/mol. The Labute approximate surface area is 190 Å². The summed E-state index contributed by atoms with van der Waals surface area (Å²) in [5.41, 5.74) is 5.61. The molecule has 0 unspecified atom stereocenters. The van der Waals surface area contributed by atoms with Crippen molar-refractivity contribution in [3.8, 4) is 11.5 Å². The molecule has 1 amide bonds. The molecule has 164 valence electrons. The Balaban J connectivity index is 1.53. The maximum Gasteiger partial charge on any atom is 0.229 e. The standard InChI is InChI=1S/C25H23N7O/c1-16-9-10-21(17(2)11-16)31-24-20(14-28-31)25(27-15-26-24)32-22(12-18(3)30-32)29-23(33)13-19-7-5-4-6-8-19/h4-12,14-15H,13H2,1-3H3,(H,29,33). The van der Waals surface area contributed by atoms with Crippen LogP contribution in [-0.2, 0) is 11.2 Å². The number of nitrogens with zero attached hydrogens (tertiary/aromatic N) is 6. The molecule has 8 nitrogen and oxygen atoms in total. The number of carbonyl (C=O) groups excluding carboxylic acids is 1. The Bertz CT molecular complexity index is 1470. The molecular formula is C25H23N7O. The SMILES string of the molecule is Cc1ccc(-n2ncc3c(-n4nc(C)cc4NC(=O)Cc4ccccc4)ncnc32)c(C)c1. The van der Waals surface area contributed by atoms with Crippen LogP contribution in [0.3, 0.4) is 0 Å². The average Bonchev–Trinajstić information content (AvgIpc) is 3.37. The van der Waals surface area contributed by atoms with Gasteiger partial charge in [0.2, 0.25) is 5.91 Å². The molecular weight excluding hydrogens is 414 g/mol. The first-order valence-corrected chi connectivity index (χ1v) is 10.7. The summed E-state index contributed by atoms with van der Waals surface area (Å²) in [7, 11) is 0. The molecule has 0 aliphatic rings. The van der Waals surface area contributed by atoms with Gasteiger partial charge in [-0.25, -0.2) is 14.6 Å². The van der Waals surface area contributed by atoms with E-state index in [0.717, 1.165) is 27.9 Å². The molecule has 3 aromatic heterocycles. The Hall–Kier alpha value is -4.33. The lowest BCUT2D eigenvalue weighted by Crippen LogP contribution is -2.17. The molecule has 0 radical (unpaired) electrons. The van der Waals surface area contributed by atoms with Crippen molar-refractivity contribution < 1.29 is 4.79 Å². The highest BCUT2D eigenvalue weighted by molar-refractivity contribution is 5.92. The van der Waals surface area contributed by atoms with Gasteiger partial charge in [-0.3, -0.25) is 4.79 Å². The van der Waals surface area contributed by atoms with Crippen molar-refractivity contribution in [3.05, 3.63) is 89.5 Å². The summed E-state index contributed by atoms with van der Waals surface area (Å²) in [6, 6.07) is 17.6. The highest BCUT2D eigenvalue weighted by Gasteiger charge is 2.18. The minimum Gasteiger partial charge on any atom is -0.310 e. The number of hydrogen-bond donors (Lipinski definition) is 1. The first kappa shape index (κ1) is 20.6. The van der Waals surface area contributed by atoms with Crippen molar-refractivity contribution in [2.75, 3.05) is 5.32 Å². The predicted octanol–water partition coefficient (Wildman–Crippen LogP) is 4.11. The van der Waals surface area contributed by atoms with Gasteiger partial charge in [0.25, 0.3) is 0 Å². The van der Waals surface area contributed by atoms with E-state index < -0.39 is 0 Å². The Morgan fingerprint density at radius 3 is 2.58 bits per heavy atom. The third-order valence-corrected chi connectivity index (χ3v) is 5.43. The van der Waals surface area contributed by atoms with Crippen LogP contribution >= 0.6 is 0 Å². The smallest absolute Gasteiger partial charge is 0.229 e. The van der Waals surface area contributed by atoms with Gasteiger partial charge >= 0.3 is 0 Å². The minimum absolute atomic E-state index is 0.126. The number of hydrogen-bond acceptors (Lipinski definition) is 5. The number of fused-ring (bicyclic) bond motifs is 1. The van der Waals surface area contributed by atoms with Crippen molar-refractivity contribution in [3.63, 3.8) is 0 Å². The molecule has 5 aromatic rings. The van der Waals surface area contributed by atoms with Gasteiger partial charge in [-0.15, -0.1) is 0 Å². The van der Waals surface area contributed by atoms with E-state index in [1.165, 1.54) is 11.9 Å². The van der Waals surface area contributed by atoms with Crippen LogP contribution in [-0.4, -0.2) is 35.4 Å². The second-order valence-corrected chi connectivity index (χ2v) is 8.07. The van der Waals surface area contributed by atoms with Crippen LogP contribution in [0.4, 0.5) is 5.82 Å². The molecule has 2 aromatic carbocycles. The first-order valence-electron chi connectivity index (χ1n) is 10.7. The summed E-state index contributed by atoms with van der Waals surface area (Å²) in [6.07, 6.45) is 3.50. The van der Waals surface area contributed by atoms with Gasteiger partial charge in [-0.2, -0.15) is 14.9 Å². The summed E-state index contributed by atoms with van der Waals surface area (Å²) >= 11 is 0. The molecule has 5 rings (SSSR count). The lowest BCUT2D eigenvalue weighted by atomic mass is 10.1. The van der Waals surface area contributed by atoms with Crippen LogP contribution in [0.25, 0.3) is 22.5 Å². The largest absolute Gasteiger partial charge is 0.310 e. The minimum atomic E-state index is -0.126. The van der Waals surface area contributed by atoms with E-state index in [-0.39, 0.29) is 12.3 Å². The lowest BCUT2D eigenvalue weighted by Gasteiger charge is -2.10. The van der Waals surface area contributed by atoms with Crippen LogP contribution in [0, 0.1) is 20.8 Å². The fourth-order valence-corrected chi connectivity index (χ4v) is 3.94. The van der Waals surface area contributed by atoms with Crippen LogP contribution in [0.5, 0.6) is 0 Å². The second kappa shape index (κ2) is 8.31. The summed E-state index contributed by atoms with van der Waals surface area (Å²) in [6.45, 7) is 5.99. The molecule has 0 atom stereocenters. The molecule has 1 N–H and O–H groups in total. The van der Waals surface area contributed by atoms with Gasteiger partial charge in [0.1, 0.15) is 12.1 Å². The number of aryl methyl sites for hydroxylation is 3. The maximum atomic E-state index is 12.7. The zero-order valence-electron chi connectivity index (χ0n) is 18.6. The summed E-state index contributed by atoms with van der Waals surface area (Å²) < 4.78 is 3.44. The van der Waals surface area contributed by atoms with Crippen molar-refractivity contribution in [2.45, 2.75) is 27.2 Å². The fraction of sp³-hybridized carbons (Fsp3) is 0.160. The number of nitrogens with one attached hydrogen (secondary N) is 1. The zero-order valence-corrected chi connectivity index (χ0v) is 18.6. The Morgan fingerprint density at radius 2 is 1.79 bits per heavy atom. The van der Waals surface area contributed by atoms with E-state index in [0.29, 0.717) is 17.3 Å². The second-order valence-electron chi connectivity index (χ2n) is 8.07. The molecule has 0 bridgehead atoms. The molecule has 33 heavy (non-hydrogen) atoms. The normalized spacial score (nSPS) is 11.1. The van der Waals surface area contributed by atoms with Crippen LogP contribution in [0.15, 0.2) is 67.1 Å². The molecule has 0 aliphatic carbocycles. The number of benzene rings is 2.